The number of nitrogens with two attached hydrogens (primary N) is 1. The Bertz CT molecular complexity index is 424. The second-order valence-corrected chi connectivity index (χ2v) is 4.75. The number of amides is 1. The average Bonchev–Trinajstić information content (AvgIpc) is 2.37. The Hall–Kier alpha value is -1.69. The average molecular weight is 286 g/mol. The van der Waals surface area contributed by atoms with E-state index in [1.54, 1.807) is 19.1 Å². The van der Waals surface area contributed by atoms with Gasteiger partial charge in [-0.2, -0.15) is 8.78 Å². The lowest BCUT2D eigenvalue weighted by Gasteiger charge is -2.17. The SMILES string of the molecule is CC(CCc1ccc(OC(F)F)cc1)NC(C)C(N)=O. The summed E-state index contributed by atoms with van der Waals surface area (Å²) in [4.78, 5) is 10.9. The first-order chi connectivity index (χ1) is 9.38. The zero-order valence-electron chi connectivity index (χ0n) is 11.6. The van der Waals surface area contributed by atoms with E-state index in [0.717, 1.165) is 18.4 Å². The molecule has 6 heteroatoms. The van der Waals surface area contributed by atoms with Crippen molar-refractivity contribution in [2.75, 3.05) is 0 Å². The summed E-state index contributed by atoms with van der Waals surface area (Å²) in [6.45, 7) is 0.878. The largest absolute Gasteiger partial charge is 0.435 e. The van der Waals surface area contributed by atoms with E-state index in [0.29, 0.717) is 0 Å². The van der Waals surface area contributed by atoms with Gasteiger partial charge in [-0.1, -0.05) is 12.1 Å². The minimum Gasteiger partial charge on any atom is -0.435 e. The number of benzene rings is 1. The molecule has 1 aromatic carbocycles. The molecule has 4 nitrogen and oxygen atoms in total. The lowest BCUT2D eigenvalue weighted by Crippen LogP contribution is -2.43. The number of aryl methyl sites for hydroxylation is 1. The highest BCUT2D eigenvalue weighted by Crippen LogP contribution is 2.16. The van der Waals surface area contributed by atoms with Crippen LogP contribution in [0.1, 0.15) is 25.8 Å². The zero-order chi connectivity index (χ0) is 15.1. The summed E-state index contributed by atoms with van der Waals surface area (Å²) < 4.78 is 28.3. The molecule has 0 fully saturated rings. The van der Waals surface area contributed by atoms with Crippen LogP contribution in [0.4, 0.5) is 8.78 Å². The molecule has 0 radical (unpaired) electrons. The van der Waals surface area contributed by atoms with Gasteiger partial charge in [0, 0.05) is 6.04 Å². The summed E-state index contributed by atoms with van der Waals surface area (Å²) in [5, 5.41) is 3.09. The first kappa shape index (κ1) is 16.4. The third-order valence-electron chi connectivity index (χ3n) is 2.98. The monoisotopic (exact) mass is 286 g/mol. The Balaban J connectivity index is 2.39. The first-order valence-electron chi connectivity index (χ1n) is 6.47. The van der Waals surface area contributed by atoms with E-state index in [1.807, 2.05) is 6.92 Å². The summed E-state index contributed by atoms with van der Waals surface area (Å²) in [5.74, 6) is -0.234. The molecule has 1 amide bonds. The van der Waals surface area contributed by atoms with E-state index in [4.69, 9.17) is 5.73 Å². The van der Waals surface area contributed by atoms with Crippen LogP contribution in [-0.4, -0.2) is 24.6 Å². The maximum atomic E-state index is 12.0. The van der Waals surface area contributed by atoms with Gasteiger partial charge in [-0.3, -0.25) is 4.79 Å². The molecule has 1 rings (SSSR count). The van der Waals surface area contributed by atoms with Gasteiger partial charge >= 0.3 is 6.61 Å². The van der Waals surface area contributed by atoms with Crippen LogP contribution < -0.4 is 15.8 Å². The molecule has 0 spiro atoms. The van der Waals surface area contributed by atoms with E-state index in [9.17, 15) is 13.6 Å². The van der Waals surface area contributed by atoms with Gasteiger partial charge in [0.25, 0.3) is 0 Å². The normalized spacial score (nSPS) is 14.1. The second-order valence-electron chi connectivity index (χ2n) is 4.75. The third-order valence-corrected chi connectivity index (χ3v) is 2.98. The molecule has 0 aliphatic rings. The van der Waals surface area contributed by atoms with Gasteiger partial charge in [0.15, 0.2) is 0 Å². The van der Waals surface area contributed by atoms with Gasteiger partial charge in [0.1, 0.15) is 5.75 Å². The predicted octanol–water partition coefficient (Wildman–Crippen LogP) is 2.07. The standard InChI is InChI=1S/C14H20F2N2O2/c1-9(18-10(2)13(17)19)3-4-11-5-7-12(8-6-11)20-14(15)16/h5-10,14,18H,3-4H2,1-2H3,(H2,17,19). The van der Waals surface area contributed by atoms with Gasteiger partial charge in [0.2, 0.25) is 5.91 Å². The fourth-order valence-corrected chi connectivity index (χ4v) is 1.81. The van der Waals surface area contributed by atoms with Crippen molar-refractivity contribution in [1.82, 2.24) is 5.32 Å². The molecule has 1 aromatic rings. The number of primary amides is 1. The Labute approximate surface area is 117 Å². The van der Waals surface area contributed by atoms with E-state index >= 15 is 0 Å². The fraction of sp³-hybridized carbons (Fsp3) is 0.500. The number of halogens is 2. The molecule has 112 valence electrons. The van der Waals surface area contributed by atoms with Gasteiger partial charge in [0.05, 0.1) is 6.04 Å². The Morgan fingerprint density at radius 2 is 1.90 bits per heavy atom. The van der Waals surface area contributed by atoms with E-state index in [-0.39, 0.29) is 23.7 Å². The van der Waals surface area contributed by atoms with Crippen LogP contribution in [0.5, 0.6) is 5.75 Å². The molecule has 20 heavy (non-hydrogen) atoms. The van der Waals surface area contributed by atoms with Crippen LogP contribution in [-0.2, 0) is 11.2 Å². The van der Waals surface area contributed by atoms with Gasteiger partial charge < -0.3 is 15.8 Å². The lowest BCUT2D eigenvalue weighted by molar-refractivity contribution is -0.119. The van der Waals surface area contributed by atoms with Crippen molar-refractivity contribution < 1.29 is 18.3 Å². The summed E-state index contributed by atoms with van der Waals surface area (Å²) in [6, 6.07) is 6.31. The van der Waals surface area contributed by atoms with Crippen molar-refractivity contribution >= 4 is 5.91 Å². The Morgan fingerprint density at radius 1 is 1.30 bits per heavy atom. The summed E-state index contributed by atoms with van der Waals surface area (Å²) in [6.07, 6.45) is 1.58. The van der Waals surface area contributed by atoms with Crippen LogP contribution in [0.25, 0.3) is 0 Å². The highest BCUT2D eigenvalue weighted by molar-refractivity contribution is 5.79. The number of ether oxygens (including phenoxy) is 1. The number of alkyl halides is 2. The third kappa shape index (κ3) is 5.97. The van der Waals surface area contributed by atoms with E-state index in [1.165, 1.54) is 12.1 Å². The quantitative estimate of drug-likeness (QED) is 0.769. The molecular weight excluding hydrogens is 266 g/mol. The fourth-order valence-electron chi connectivity index (χ4n) is 1.81. The molecule has 2 atom stereocenters. The van der Waals surface area contributed by atoms with Crippen molar-refractivity contribution in [1.29, 1.82) is 0 Å². The molecular formula is C14H20F2N2O2. The molecule has 0 saturated carbocycles. The summed E-state index contributed by atoms with van der Waals surface area (Å²) in [5.41, 5.74) is 6.19. The maximum Gasteiger partial charge on any atom is 0.387 e. The number of hydrogen-bond acceptors (Lipinski definition) is 3. The van der Waals surface area contributed by atoms with Crippen LogP contribution in [0.3, 0.4) is 0 Å². The summed E-state index contributed by atoms with van der Waals surface area (Å²) in [7, 11) is 0. The van der Waals surface area contributed by atoms with Crippen molar-refractivity contribution in [3.05, 3.63) is 29.8 Å². The number of carbonyl (C=O) groups excluding carboxylic acids is 1. The van der Waals surface area contributed by atoms with E-state index in [2.05, 4.69) is 10.1 Å². The van der Waals surface area contributed by atoms with Gasteiger partial charge in [-0.05, 0) is 44.4 Å². The lowest BCUT2D eigenvalue weighted by atomic mass is 10.1. The first-order valence-corrected chi connectivity index (χ1v) is 6.47. The Morgan fingerprint density at radius 3 is 2.40 bits per heavy atom. The zero-order valence-corrected chi connectivity index (χ0v) is 11.6. The molecule has 0 aliphatic heterocycles. The van der Waals surface area contributed by atoms with Gasteiger partial charge in [-0.15, -0.1) is 0 Å². The minimum absolute atomic E-state index is 0.134. The Kier molecular flexibility index (Phi) is 6.38. The van der Waals surface area contributed by atoms with Crippen molar-refractivity contribution in [2.45, 2.75) is 45.4 Å². The van der Waals surface area contributed by atoms with Crippen molar-refractivity contribution in [3.63, 3.8) is 0 Å². The van der Waals surface area contributed by atoms with E-state index < -0.39 is 6.61 Å². The molecule has 0 saturated heterocycles. The minimum atomic E-state index is -2.81. The predicted molar refractivity (Wildman–Crippen MR) is 72.6 cm³/mol. The maximum absolute atomic E-state index is 12.0. The summed E-state index contributed by atoms with van der Waals surface area (Å²) >= 11 is 0. The number of nitrogens with one attached hydrogen (secondary N) is 1. The molecule has 3 N–H and O–H groups in total. The van der Waals surface area contributed by atoms with Crippen molar-refractivity contribution in [2.24, 2.45) is 5.73 Å². The van der Waals surface area contributed by atoms with Crippen LogP contribution in [0, 0.1) is 0 Å². The van der Waals surface area contributed by atoms with Crippen LogP contribution in [0.2, 0.25) is 0 Å². The van der Waals surface area contributed by atoms with Gasteiger partial charge in [-0.25, -0.2) is 0 Å². The second kappa shape index (κ2) is 7.79. The number of hydrogen-bond donors (Lipinski definition) is 2. The topological polar surface area (TPSA) is 64.3 Å². The molecule has 0 aliphatic carbocycles. The highest BCUT2D eigenvalue weighted by atomic mass is 19.3. The smallest absolute Gasteiger partial charge is 0.387 e. The number of carbonyl (C=O) groups is 1. The molecule has 0 bridgehead atoms. The van der Waals surface area contributed by atoms with Crippen LogP contribution >= 0.6 is 0 Å². The number of rotatable bonds is 8. The van der Waals surface area contributed by atoms with Crippen molar-refractivity contribution in [3.8, 4) is 5.75 Å². The molecule has 2 unspecified atom stereocenters. The molecule has 0 heterocycles. The highest BCUT2D eigenvalue weighted by Gasteiger charge is 2.11. The molecule has 0 aromatic heterocycles. The van der Waals surface area contributed by atoms with Crippen LogP contribution in [0.15, 0.2) is 24.3 Å².